The minimum Gasteiger partial charge on any atom is -0.469 e. The van der Waals surface area contributed by atoms with Crippen LogP contribution in [0.25, 0.3) is 11.1 Å². The van der Waals surface area contributed by atoms with Crippen LogP contribution >= 0.6 is 0 Å². The van der Waals surface area contributed by atoms with Gasteiger partial charge in [0.2, 0.25) is 0 Å². The first-order valence-corrected chi connectivity index (χ1v) is 11.0. The van der Waals surface area contributed by atoms with E-state index in [2.05, 4.69) is 5.32 Å². The van der Waals surface area contributed by atoms with Crippen molar-refractivity contribution in [3.05, 3.63) is 95.1 Å². The highest BCUT2D eigenvalue weighted by molar-refractivity contribution is 5.74. The van der Waals surface area contributed by atoms with Gasteiger partial charge in [0.05, 0.1) is 25.5 Å². The van der Waals surface area contributed by atoms with Gasteiger partial charge in [0, 0.05) is 13.1 Å². The lowest BCUT2D eigenvalue weighted by atomic mass is 9.95. The number of nitrogens with one attached hydrogen (secondary N) is 1. The number of methoxy groups -OCH3 is 1. The summed E-state index contributed by atoms with van der Waals surface area (Å²) in [7, 11) is 1.29. The van der Waals surface area contributed by atoms with Gasteiger partial charge in [-0.2, -0.15) is 13.2 Å². The van der Waals surface area contributed by atoms with E-state index in [1.807, 2.05) is 30.3 Å². The molecule has 0 aromatic heterocycles. The Morgan fingerprint density at radius 1 is 0.886 bits per heavy atom. The van der Waals surface area contributed by atoms with Gasteiger partial charge >= 0.3 is 18.1 Å². The summed E-state index contributed by atoms with van der Waals surface area (Å²) in [5.74, 6) is -0.809. The predicted molar refractivity (Wildman–Crippen MR) is 125 cm³/mol. The number of esters is 2. The minimum atomic E-state index is -4.48. The fraction of sp³-hybridized carbons (Fsp3) is 0.259. The number of benzene rings is 3. The molecule has 0 atom stereocenters. The smallest absolute Gasteiger partial charge is 0.416 e. The Kier molecular flexibility index (Phi) is 9.03. The Morgan fingerprint density at radius 2 is 1.63 bits per heavy atom. The summed E-state index contributed by atoms with van der Waals surface area (Å²) < 4.78 is 49.9. The molecule has 3 aromatic rings. The third kappa shape index (κ3) is 7.96. The quantitative estimate of drug-likeness (QED) is 0.311. The second-order valence-corrected chi connectivity index (χ2v) is 7.90. The molecule has 3 aromatic carbocycles. The Balaban J connectivity index is 1.67. The highest BCUT2D eigenvalue weighted by Crippen LogP contribution is 2.33. The number of carbonyl (C=O) groups is 2. The summed E-state index contributed by atoms with van der Waals surface area (Å²) in [5, 5.41) is 3.03. The van der Waals surface area contributed by atoms with E-state index in [-0.39, 0.29) is 32.5 Å². The maximum atomic E-state index is 13.3. The van der Waals surface area contributed by atoms with Gasteiger partial charge in [-0.05, 0) is 39.9 Å². The molecule has 0 unspecified atom stereocenters. The second-order valence-electron chi connectivity index (χ2n) is 7.90. The first-order valence-electron chi connectivity index (χ1n) is 11.0. The van der Waals surface area contributed by atoms with Crippen molar-refractivity contribution >= 4 is 11.9 Å². The van der Waals surface area contributed by atoms with Crippen molar-refractivity contribution in [1.82, 2.24) is 5.32 Å². The maximum Gasteiger partial charge on any atom is 0.416 e. The summed E-state index contributed by atoms with van der Waals surface area (Å²) in [4.78, 5) is 23.6. The van der Waals surface area contributed by atoms with Gasteiger partial charge < -0.3 is 14.8 Å². The molecule has 1 N–H and O–H groups in total. The number of hydrogen-bond acceptors (Lipinski definition) is 5. The number of rotatable bonds is 10. The van der Waals surface area contributed by atoms with Crippen LogP contribution in [0.5, 0.6) is 0 Å². The fourth-order valence-corrected chi connectivity index (χ4v) is 3.51. The van der Waals surface area contributed by atoms with Crippen LogP contribution in [0.15, 0.2) is 72.8 Å². The molecule has 0 spiro atoms. The summed E-state index contributed by atoms with van der Waals surface area (Å²) >= 11 is 0. The van der Waals surface area contributed by atoms with Crippen molar-refractivity contribution in [2.24, 2.45) is 0 Å². The Labute approximate surface area is 201 Å². The average molecular weight is 486 g/mol. The molecule has 0 saturated heterocycles. The molecular weight excluding hydrogens is 459 g/mol. The summed E-state index contributed by atoms with van der Waals surface area (Å²) in [5.41, 5.74) is 2.51. The monoisotopic (exact) mass is 485 g/mol. The molecule has 0 amide bonds. The second kappa shape index (κ2) is 12.2. The van der Waals surface area contributed by atoms with Crippen LogP contribution in [-0.4, -0.2) is 25.6 Å². The van der Waals surface area contributed by atoms with Crippen LogP contribution in [0.4, 0.5) is 13.2 Å². The van der Waals surface area contributed by atoms with Crippen molar-refractivity contribution in [1.29, 1.82) is 0 Å². The first-order chi connectivity index (χ1) is 16.8. The fourth-order valence-electron chi connectivity index (χ4n) is 3.51. The lowest BCUT2D eigenvalue weighted by Gasteiger charge is -2.15. The lowest BCUT2D eigenvalue weighted by molar-refractivity contribution is -0.145. The van der Waals surface area contributed by atoms with Crippen molar-refractivity contribution < 1.29 is 32.2 Å². The Bertz CT molecular complexity index is 1150. The van der Waals surface area contributed by atoms with Crippen LogP contribution in [0.1, 0.15) is 28.7 Å². The third-order valence-corrected chi connectivity index (χ3v) is 5.31. The minimum absolute atomic E-state index is 0.0592. The van der Waals surface area contributed by atoms with Crippen molar-refractivity contribution in [3.8, 4) is 11.1 Å². The maximum absolute atomic E-state index is 13.3. The molecule has 35 heavy (non-hydrogen) atoms. The molecule has 0 saturated carbocycles. The summed E-state index contributed by atoms with van der Waals surface area (Å²) in [6.45, 7) is 0.525. The Hall–Kier alpha value is -3.65. The summed E-state index contributed by atoms with van der Waals surface area (Å²) in [6, 6.07) is 19.8. The molecule has 0 heterocycles. The van der Waals surface area contributed by atoms with Gasteiger partial charge in [-0.3, -0.25) is 9.59 Å². The summed E-state index contributed by atoms with van der Waals surface area (Å²) in [6.07, 6.45) is -4.35. The van der Waals surface area contributed by atoms with E-state index in [9.17, 15) is 22.8 Å². The van der Waals surface area contributed by atoms with Crippen LogP contribution in [-0.2, 0) is 44.8 Å². The van der Waals surface area contributed by atoms with Crippen LogP contribution in [0.2, 0.25) is 0 Å². The molecule has 8 heteroatoms. The average Bonchev–Trinajstić information content (AvgIpc) is 2.85. The van der Waals surface area contributed by atoms with Crippen molar-refractivity contribution in [3.63, 3.8) is 0 Å². The normalized spacial score (nSPS) is 11.2. The molecular formula is C27H26F3NO4. The molecule has 0 radical (unpaired) electrons. The predicted octanol–water partition coefficient (Wildman–Crippen LogP) is 5.31. The van der Waals surface area contributed by atoms with Gasteiger partial charge in [0.15, 0.2) is 0 Å². The molecule has 184 valence electrons. The van der Waals surface area contributed by atoms with E-state index in [0.717, 1.165) is 17.7 Å². The zero-order valence-electron chi connectivity index (χ0n) is 19.2. The van der Waals surface area contributed by atoms with E-state index >= 15 is 0 Å². The third-order valence-electron chi connectivity index (χ3n) is 5.31. The number of halogens is 3. The first kappa shape index (κ1) is 26.0. The van der Waals surface area contributed by atoms with Gasteiger partial charge in [-0.1, -0.05) is 60.7 Å². The van der Waals surface area contributed by atoms with Gasteiger partial charge in [-0.15, -0.1) is 0 Å². The number of hydrogen-bond donors (Lipinski definition) is 1. The number of carbonyl (C=O) groups excluding carboxylic acids is 2. The topological polar surface area (TPSA) is 64.6 Å². The van der Waals surface area contributed by atoms with Crippen molar-refractivity contribution in [2.45, 2.75) is 32.2 Å². The zero-order chi connectivity index (χ0) is 25.3. The van der Waals surface area contributed by atoms with Crippen molar-refractivity contribution in [2.75, 3.05) is 13.7 Å². The van der Waals surface area contributed by atoms with E-state index in [0.29, 0.717) is 22.3 Å². The Morgan fingerprint density at radius 3 is 2.34 bits per heavy atom. The molecule has 0 fully saturated rings. The van der Waals surface area contributed by atoms with Crippen LogP contribution < -0.4 is 5.32 Å². The molecule has 0 aliphatic carbocycles. The van der Waals surface area contributed by atoms with Gasteiger partial charge in [0.1, 0.15) is 6.61 Å². The number of alkyl halides is 3. The van der Waals surface area contributed by atoms with E-state index in [4.69, 9.17) is 9.47 Å². The molecule has 0 aliphatic rings. The zero-order valence-corrected chi connectivity index (χ0v) is 19.2. The highest BCUT2D eigenvalue weighted by Gasteiger charge is 2.31. The van der Waals surface area contributed by atoms with Gasteiger partial charge in [-0.25, -0.2) is 0 Å². The largest absolute Gasteiger partial charge is 0.469 e. The van der Waals surface area contributed by atoms with E-state index in [1.165, 1.54) is 13.2 Å². The molecule has 5 nitrogen and oxygen atoms in total. The molecule has 0 bridgehead atoms. The lowest BCUT2D eigenvalue weighted by Crippen LogP contribution is -2.20. The van der Waals surface area contributed by atoms with E-state index in [1.54, 1.807) is 24.3 Å². The van der Waals surface area contributed by atoms with E-state index < -0.39 is 23.7 Å². The van der Waals surface area contributed by atoms with Gasteiger partial charge in [0.25, 0.3) is 0 Å². The van der Waals surface area contributed by atoms with Crippen LogP contribution in [0.3, 0.4) is 0 Å². The standard InChI is InChI=1S/C27H26F3NO4/c1-34-26(33)15-20-8-5-9-21(14-20)24-11-10-23(27(28,29)30)16-22(24)17-31-13-12-25(32)35-18-19-6-3-2-4-7-19/h2-11,14,16,31H,12-13,15,17-18H2,1H3. The highest BCUT2D eigenvalue weighted by atomic mass is 19.4. The van der Waals surface area contributed by atoms with Crippen LogP contribution in [0, 0.1) is 0 Å². The number of ether oxygens (including phenoxy) is 2. The molecule has 3 rings (SSSR count). The SMILES string of the molecule is COC(=O)Cc1cccc(-c2ccc(C(F)(F)F)cc2CNCCC(=O)OCc2ccccc2)c1. The molecule has 0 aliphatic heterocycles.